The van der Waals surface area contributed by atoms with Gasteiger partial charge >= 0.3 is 0 Å². The molecule has 0 atom stereocenters. The van der Waals surface area contributed by atoms with Crippen LogP contribution in [0.1, 0.15) is 0 Å². The van der Waals surface area contributed by atoms with Crippen molar-refractivity contribution in [1.29, 1.82) is 0 Å². The second-order valence-corrected chi connectivity index (χ2v) is 14.9. The number of rotatable bonds is 11. The van der Waals surface area contributed by atoms with Crippen LogP contribution in [0.2, 0.25) is 25.7 Å². The molecule has 0 aliphatic heterocycles. The highest BCUT2D eigenvalue weighted by Crippen LogP contribution is 2.29. The Morgan fingerprint density at radius 2 is 1.80 bits per heavy atom. The van der Waals surface area contributed by atoms with Gasteiger partial charge in [-0.3, -0.25) is 0 Å². The van der Waals surface area contributed by atoms with Crippen LogP contribution < -0.4 is 4.74 Å². The summed E-state index contributed by atoms with van der Waals surface area (Å²) in [5, 5.41) is 5.80. The van der Waals surface area contributed by atoms with Crippen molar-refractivity contribution >= 4 is 41.6 Å². The smallest absolute Gasteiger partial charge is 0.191 e. The zero-order chi connectivity index (χ0) is 21.6. The standard InChI is InChI=1S/C22H29IN2O4Si/c1-26-15-28-16-29-19-7-5-6-17(12-19)18-8-9-20-21(13-18)25(24-22(20)23)14-27-10-11-30(2,3)4/h5-9,12-13H,10-11,14-16H2,1-4H3. The maximum absolute atomic E-state index is 5.93. The average Bonchev–Trinajstić information content (AvgIpc) is 3.03. The van der Waals surface area contributed by atoms with E-state index < -0.39 is 8.07 Å². The van der Waals surface area contributed by atoms with Crippen LogP contribution in [-0.2, 0) is 20.9 Å². The van der Waals surface area contributed by atoms with Gasteiger partial charge in [-0.25, -0.2) is 4.68 Å². The van der Waals surface area contributed by atoms with Crippen molar-refractivity contribution in [1.82, 2.24) is 9.78 Å². The molecule has 162 valence electrons. The van der Waals surface area contributed by atoms with Crippen LogP contribution >= 0.6 is 22.6 Å². The molecule has 6 nitrogen and oxygen atoms in total. The van der Waals surface area contributed by atoms with E-state index in [0.717, 1.165) is 44.1 Å². The SMILES string of the molecule is COCOCOc1cccc(-c2ccc3c(I)nn(COCC[Si](C)(C)C)c3c2)c1. The summed E-state index contributed by atoms with van der Waals surface area (Å²) >= 11 is 2.28. The fourth-order valence-corrected chi connectivity index (χ4v) is 4.41. The summed E-state index contributed by atoms with van der Waals surface area (Å²) in [5.41, 5.74) is 3.24. The first-order valence-electron chi connectivity index (χ1n) is 9.91. The number of benzene rings is 2. The molecule has 0 spiro atoms. The number of hydrogen-bond acceptors (Lipinski definition) is 5. The molecule has 0 bridgehead atoms. The molecular weight excluding hydrogens is 511 g/mol. The fraction of sp³-hybridized carbons (Fsp3) is 0.409. The van der Waals surface area contributed by atoms with E-state index in [0.29, 0.717) is 6.73 Å². The maximum atomic E-state index is 5.93. The first-order valence-corrected chi connectivity index (χ1v) is 14.7. The van der Waals surface area contributed by atoms with Crippen LogP contribution in [-0.4, -0.2) is 45.2 Å². The Bertz CT molecular complexity index is 971. The van der Waals surface area contributed by atoms with Gasteiger partial charge in [0.25, 0.3) is 0 Å². The van der Waals surface area contributed by atoms with Crippen molar-refractivity contribution in [3.8, 4) is 16.9 Å². The summed E-state index contributed by atoms with van der Waals surface area (Å²) in [4.78, 5) is 0. The lowest BCUT2D eigenvalue weighted by Crippen LogP contribution is -2.22. The van der Waals surface area contributed by atoms with E-state index in [-0.39, 0.29) is 13.6 Å². The Morgan fingerprint density at radius 1 is 1.00 bits per heavy atom. The highest BCUT2D eigenvalue weighted by molar-refractivity contribution is 14.1. The second kappa shape index (κ2) is 10.7. The fourth-order valence-electron chi connectivity index (χ4n) is 2.93. The van der Waals surface area contributed by atoms with Crippen molar-refractivity contribution in [2.75, 3.05) is 27.3 Å². The van der Waals surface area contributed by atoms with Crippen molar-refractivity contribution in [2.24, 2.45) is 0 Å². The Balaban J connectivity index is 1.76. The molecule has 8 heteroatoms. The Morgan fingerprint density at radius 3 is 2.57 bits per heavy atom. The quantitative estimate of drug-likeness (QED) is 0.138. The number of hydrogen-bond donors (Lipinski definition) is 0. The van der Waals surface area contributed by atoms with Crippen LogP contribution in [0.3, 0.4) is 0 Å². The van der Waals surface area contributed by atoms with Crippen LogP contribution in [0, 0.1) is 3.70 Å². The first kappa shape index (κ1) is 23.2. The van der Waals surface area contributed by atoms with Crippen molar-refractivity contribution in [2.45, 2.75) is 32.4 Å². The van der Waals surface area contributed by atoms with Crippen LogP contribution in [0.15, 0.2) is 42.5 Å². The molecule has 1 heterocycles. The van der Waals surface area contributed by atoms with Gasteiger partial charge in [0.2, 0.25) is 0 Å². The highest BCUT2D eigenvalue weighted by Gasteiger charge is 2.14. The van der Waals surface area contributed by atoms with Crippen molar-refractivity contribution < 1.29 is 18.9 Å². The third-order valence-corrected chi connectivity index (χ3v) is 7.09. The summed E-state index contributed by atoms with van der Waals surface area (Å²) in [6.07, 6.45) is 0. The summed E-state index contributed by atoms with van der Waals surface area (Å²) in [6.45, 7) is 8.67. The Hall–Kier alpha value is -1.46. The minimum Gasteiger partial charge on any atom is -0.467 e. The van der Waals surface area contributed by atoms with Crippen molar-refractivity contribution in [3.05, 3.63) is 46.2 Å². The van der Waals surface area contributed by atoms with E-state index >= 15 is 0 Å². The van der Waals surface area contributed by atoms with Gasteiger partial charge in [0.15, 0.2) is 6.79 Å². The number of nitrogens with zero attached hydrogens (tertiary/aromatic N) is 2. The molecule has 2 aromatic carbocycles. The van der Waals surface area contributed by atoms with Crippen LogP contribution in [0.25, 0.3) is 22.0 Å². The van der Waals surface area contributed by atoms with Crippen molar-refractivity contribution in [3.63, 3.8) is 0 Å². The summed E-state index contributed by atoms with van der Waals surface area (Å²) in [7, 11) is 0.483. The zero-order valence-corrected chi connectivity index (χ0v) is 21.1. The number of halogens is 1. The van der Waals surface area contributed by atoms with Gasteiger partial charge in [0.1, 0.15) is 23.0 Å². The number of methoxy groups -OCH3 is 1. The highest BCUT2D eigenvalue weighted by atomic mass is 127. The molecule has 0 unspecified atom stereocenters. The molecule has 30 heavy (non-hydrogen) atoms. The van der Waals surface area contributed by atoms with E-state index in [4.69, 9.17) is 18.9 Å². The monoisotopic (exact) mass is 540 g/mol. The molecule has 0 fully saturated rings. The molecule has 3 rings (SSSR count). The molecule has 0 N–H and O–H groups in total. The van der Waals surface area contributed by atoms with Gasteiger partial charge in [0.05, 0.1) is 5.52 Å². The second-order valence-electron chi connectivity index (χ2n) is 8.27. The van der Waals surface area contributed by atoms with E-state index in [1.807, 2.05) is 22.9 Å². The predicted octanol–water partition coefficient (Wildman–Crippen LogP) is 5.58. The molecule has 0 saturated carbocycles. The molecule has 0 radical (unpaired) electrons. The largest absolute Gasteiger partial charge is 0.467 e. The third-order valence-electron chi connectivity index (χ3n) is 4.59. The lowest BCUT2D eigenvalue weighted by atomic mass is 10.0. The maximum Gasteiger partial charge on any atom is 0.191 e. The third kappa shape index (κ3) is 6.52. The number of aromatic nitrogens is 2. The van der Waals surface area contributed by atoms with E-state index in [1.54, 1.807) is 7.11 Å². The lowest BCUT2D eigenvalue weighted by molar-refractivity contribution is -0.0835. The van der Waals surface area contributed by atoms with Gasteiger partial charge in [-0.15, -0.1) is 0 Å². The van der Waals surface area contributed by atoms with E-state index in [2.05, 4.69) is 71.6 Å². The van der Waals surface area contributed by atoms with Gasteiger partial charge in [-0.1, -0.05) is 37.8 Å². The van der Waals surface area contributed by atoms with Gasteiger partial charge in [-0.05, 0) is 64.0 Å². The van der Waals surface area contributed by atoms with Gasteiger partial charge in [-0.2, -0.15) is 5.10 Å². The van der Waals surface area contributed by atoms with E-state index in [1.165, 1.54) is 0 Å². The van der Waals surface area contributed by atoms with Crippen LogP contribution in [0.5, 0.6) is 5.75 Å². The number of ether oxygens (including phenoxy) is 4. The average molecular weight is 540 g/mol. The molecular formula is C22H29IN2O4Si. The normalized spacial score (nSPS) is 11.9. The minimum absolute atomic E-state index is 0.149. The minimum atomic E-state index is -1.10. The first-order chi connectivity index (χ1) is 14.4. The molecule has 0 saturated heterocycles. The van der Waals surface area contributed by atoms with E-state index in [9.17, 15) is 0 Å². The summed E-state index contributed by atoms with van der Waals surface area (Å²) in [6, 6.07) is 15.5. The topological polar surface area (TPSA) is 54.7 Å². The summed E-state index contributed by atoms with van der Waals surface area (Å²) in [5.74, 6) is 0.751. The molecule has 0 aliphatic carbocycles. The molecule has 0 amide bonds. The van der Waals surface area contributed by atoms with Gasteiger partial charge in [0, 0.05) is 27.2 Å². The molecule has 3 aromatic rings. The zero-order valence-electron chi connectivity index (χ0n) is 18.0. The van der Waals surface area contributed by atoms with Gasteiger partial charge < -0.3 is 18.9 Å². The Kier molecular flexibility index (Phi) is 8.29. The molecule has 1 aromatic heterocycles. The predicted molar refractivity (Wildman–Crippen MR) is 130 cm³/mol. The summed E-state index contributed by atoms with van der Waals surface area (Å²) < 4.78 is 24.6. The Labute approximate surface area is 192 Å². The number of fused-ring (bicyclic) bond motifs is 1. The molecule has 0 aliphatic rings. The lowest BCUT2D eigenvalue weighted by Gasteiger charge is -2.15. The van der Waals surface area contributed by atoms with Crippen LogP contribution in [0.4, 0.5) is 0 Å².